The Bertz CT molecular complexity index is 540. The quantitative estimate of drug-likeness (QED) is 0.596. The number of benzene rings is 2. The van der Waals surface area contributed by atoms with Crippen LogP contribution in [0.2, 0.25) is 0 Å². The Kier molecular flexibility index (Phi) is 5.76. The first-order valence-electron chi connectivity index (χ1n) is 7.12. The number of para-hydroxylation sites is 2. The highest BCUT2D eigenvalue weighted by atomic mass is 16.5. The van der Waals surface area contributed by atoms with E-state index in [4.69, 9.17) is 19.9 Å². The summed E-state index contributed by atoms with van der Waals surface area (Å²) in [5.74, 6) is 2.34. The summed E-state index contributed by atoms with van der Waals surface area (Å²) in [6.45, 7) is 3.72. The minimum Gasteiger partial charge on any atom is -0.494 e. The van der Waals surface area contributed by atoms with Crippen molar-refractivity contribution in [1.29, 1.82) is 0 Å². The van der Waals surface area contributed by atoms with Gasteiger partial charge in [-0.2, -0.15) is 0 Å². The summed E-state index contributed by atoms with van der Waals surface area (Å²) in [6, 6.07) is 15.0. The molecule has 0 saturated heterocycles. The summed E-state index contributed by atoms with van der Waals surface area (Å²) in [5, 5.41) is 0. The van der Waals surface area contributed by atoms with Gasteiger partial charge in [-0.05, 0) is 42.8 Å². The van der Waals surface area contributed by atoms with Crippen molar-refractivity contribution < 1.29 is 14.2 Å². The number of anilines is 1. The van der Waals surface area contributed by atoms with Gasteiger partial charge in [0.2, 0.25) is 0 Å². The molecule has 112 valence electrons. The molecule has 0 fully saturated rings. The molecular weight excluding hydrogens is 266 g/mol. The van der Waals surface area contributed by atoms with Crippen LogP contribution in [0.25, 0.3) is 0 Å². The van der Waals surface area contributed by atoms with Gasteiger partial charge in [0.1, 0.15) is 30.5 Å². The van der Waals surface area contributed by atoms with Crippen molar-refractivity contribution in [3.63, 3.8) is 0 Å². The fourth-order valence-electron chi connectivity index (χ4n) is 1.78. The molecule has 0 saturated carbocycles. The Morgan fingerprint density at radius 1 is 0.762 bits per heavy atom. The molecule has 2 aromatic carbocycles. The molecule has 0 atom stereocenters. The van der Waals surface area contributed by atoms with Crippen molar-refractivity contribution in [2.75, 3.05) is 25.6 Å². The van der Waals surface area contributed by atoms with Gasteiger partial charge in [0.05, 0.1) is 12.3 Å². The maximum absolute atomic E-state index is 5.79. The van der Waals surface area contributed by atoms with Gasteiger partial charge in [-0.1, -0.05) is 19.1 Å². The van der Waals surface area contributed by atoms with Gasteiger partial charge in [0.25, 0.3) is 0 Å². The van der Waals surface area contributed by atoms with Gasteiger partial charge in [-0.25, -0.2) is 0 Å². The Labute approximate surface area is 125 Å². The molecule has 0 bridgehead atoms. The lowest BCUT2D eigenvalue weighted by atomic mass is 10.3. The molecule has 0 heterocycles. The molecule has 2 aromatic rings. The van der Waals surface area contributed by atoms with Gasteiger partial charge in [0.15, 0.2) is 0 Å². The topological polar surface area (TPSA) is 53.7 Å². The van der Waals surface area contributed by atoms with Crippen LogP contribution < -0.4 is 19.9 Å². The SMILES string of the molecule is CCCOc1ccc(OCCOc2ccccc2N)cc1. The zero-order valence-corrected chi connectivity index (χ0v) is 12.2. The standard InChI is InChI=1S/C17H21NO3/c1-2-11-19-14-7-9-15(10-8-14)20-12-13-21-17-6-4-3-5-16(17)18/h3-10H,2,11-13,18H2,1H3. The number of ether oxygens (including phenoxy) is 3. The average molecular weight is 287 g/mol. The molecule has 0 aliphatic carbocycles. The van der Waals surface area contributed by atoms with Crippen LogP contribution >= 0.6 is 0 Å². The van der Waals surface area contributed by atoms with Crippen molar-refractivity contribution in [2.24, 2.45) is 0 Å². The average Bonchev–Trinajstić information content (AvgIpc) is 2.52. The van der Waals surface area contributed by atoms with Crippen LogP contribution in [0.1, 0.15) is 13.3 Å². The third-order valence-electron chi connectivity index (χ3n) is 2.83. The maximum Gasteiger partial charge on any atom is 0.142 e. The Balaban J connectivity index is 1.72. The second-order valence-electron chi connectivity index (χ2n) is 4.55. The summed E-state index contributed by atoms with van der Waals surface area (Å²) < 4.78 is 16.7. The Morgan fingerprint density at radius 3 is 1.95 bits per heavy atom. The molecule has 21 heavy (non-hydrogen) atoms. The van der Waals surface area contributed by atoms with Crippen molar-refractivity contribution in [2.45, 2.75) is 13.3 Å². The maximum atomic E-state index is 5.79. The van der Waals surface area contributed by atoms with Gasteiger partial charge in [-0.15, -0.1) is 0 Å². The van der Waals surface area contributed by atoms with Crippen molar-refractivity contribution in [3.05, 3.63) is 48.5 Å². The van der Waals surface area contributed by atoms with Crippen LogP contribution in [0.4, 0.5) is 5.69 Å². The molecule has 0 amide bonds. The first-order valence-corrected chi connectivity index (χ1v) is 7.12. The Hall–Kier alpha value is -2.36. The lowest BCUT2D eigenvalue weighted by Gasteiger charge is -2.10. The van der Waals surface area contributed by atoms with E-state index in [1.165, 1.54) is 0 Å². The molecule has 0 radical (unpaired) electrons. The van der Waals surface area contributed by atoms with E-state index in [2.05, 4.69) is 6.92 Å². The van der Waals surface area contributed by atoms with Crippen LogP contribution in [0.3, 0.4) is 0 Å². The minimum atomic E-state index is 0.447. The molecule has 0 aliphatic rings. The lowest BCUT2D eigenvalue weighted by Crippen LogP contribution is -2.09. The van der Waals surface area contributed by atoms with E-state index in [1.54, 1.807) is 0 Å². The van der Waals surface area contributed by atoms with Crippen LogP contribution in [0.5, 0.6) is 17.2 Å². The monoisotopic (exact) mass is 287 g/mol. The fraction of sp³-hybridized carbons (Fsp3) is 0.294. The molecule has 2 rings (SSSR count). The van der Waals surface area contributed by atoms with Crippen LogP contribution in [0, 0.1) is 0 Å². The van der Waals surface area contributed by atoms with Gasteiger partial charge < -0.3 is 19.9 Å². The molecule has 0 spiro atoms. The third-order valence-corrected chi connectivity index (χ3v) is 2.83. The van der Waals surface area contributed by atoms with Gasteiger partial charge >= 0.3 is 0 Å². The molecular formula is C17H21NO3. The van der Waals surface area contributed by atoms with Crippen molar-refractivity contribution in [1.82, 2.24) is 0 Å². The van der Waals surface area contributed by atoms with Crippen molar-refractivity contribution >= 4 is 5.69 Å². The highest BCUT2D eigenvalue weighted by Gasteiger charge is 1.99. The summed E-state index contributed by atoms with van der Waals surface area (Å²) in [7, 11) is 0. The third kappa shape index (κ3) is 4.91. The zero-order valence-electron chi connectivity index (χ0n) is 12.2. The highest BCUT2D eigenvalue weighted by Crippen LogP contribution is 2.20. The molecule has 0 aliphatic heterocycles. The van der Waals surface area contributed by atoms with E-state index < -0.39 is 0 Å². The normalized spacial score (nSPS) is 10.1. The summed E-state index contributed by atoms with van der Waals surface area (Å²) >= 11 is 0. The van der Waals surface area contributed by atoms with E-state index >= 15 is 0 Å². The van der Waals surface area contributed by atoms with Gasteiger partial charge in [-0.3, -0.25) is 0 Å². The number of hydrogen-bond acceptors (Lipinski definition) is 4. The molecule has 4 nitrogen and oxygen atoms in total. The molecule has 4 heteroatoms. The first-order chi connectivity index (χ1) is 10.3. The van der Waals surface area contributed by atoms with E-state index in [9.17, 15) is 0 Å². The van der Waals surface area contributed by atoms with E-state index in [1.807, 2.05) is 48.5 Å². The van der Waals surface area contributed by atoms with Crippen LogP contribution in [-0.2, 0) is 0 Å². The summed E-state index contributed by atoms with van der Waals surface area (Å²) in [6.07, 6.45) is 0.998. The zero-order chi connectivity index (χ0) is 14.9. The predicted octanol–water partition coefficient (Wildman–Crippen LogP) is 3.52. The fourth-order valence-corrected chi connectivity index (χ4v) is 1.78. The Morgan fingerprint density at radius 2 is 1.33 bits per heavy atom. The van der Waals surface area contributed by atoms with Crippen LogP contribution in [0.15, 0.2) is 48.5 Å². The summed E-state index contributed by atoms with van der Waals surface area (Å²) in [4.78, 5) is 0. The highest BCUT2D eigenvalue weighted by molar-refractivity contribution is 5.51. The number of rotatable bonds is 8. The van der Waals surface area contributed by atoms with E-state index in [0.717, 1.165) is 24.5 Å². The number of hydrogen-bond donors (Lipinski definition) is 1. The molecule has 0 unspecified atom stereocenters. The summed E-state index contributed by atoms with van der Waals surface area (Å²) in [5.41, 5.74) is 6.42. The van der Waals surface area contributed by atoms with Gasteiger partial charge in [0, 0.05) is 0 Å². The van der Waals surface area contributed by atoms with Crippen LogP contribution in [-0.4, -0.2) is 19.8 Å². The smallest absolute Gasteiger partial charge is 0.142 e. The van der Waals surface area contributed by atoms with E-state index in [-0.39, 0.29) is 0 Å². The second-order valence-corrected chi connectivity index (χ2v) is 4.55. The van der Waals surface area contributed by atoms with Crippen molar-refractivity contribution in [3.8, 4) is 17.2 Å². The van der Waals surface area contributed by atoms with E-state index in [0.29, 0.717) is 24.7 Å². The number of nitrogens with two attached hydrogens (primary N) is 1. The largest absolute Gasteiger partial charge is 0.494 e. The molecule has 2 N–H and O–H groups in total. The second kappa shape index (κ2) is 8.04. The predicted molar refractivity (Wildman–Crippen MR) is 84.1 cm³/mol. The number of nitrogen functional groups attached to an aromatic ring is 1. The minimum absolute atomic E-state index is 0.447. The first kappa shape index (κ1) is 15.0. The lowest BCUT2D eigenvalue weighted by molar-refractivity contribution is 0.217. The molecule has 0 aromatic heterocycles.